The number of aromatic nitrogens is 2. The maximum Gasteiger partial charge on any atom is 0.261 e. The second kappa shape index (κ2) is 12.3. The highest BCUT2D eigenvalue weighted by Crippen LogP contribution is 2.39. The number of rotatable bonds is 9. The molecule has 1 aliphatic heterocycles. The Morgan fingerprint density at radius 3 is 2.20 bits per heavy atom. The first-order valence-corrected chi connectivity index (χ1v) is 15.0. The van der Waals surface area contributed by atoms with Gasteiger partial charge in [-0.2, -0.15) is 5.10 Å². The zero-order chi connectivity index (χ0) is 31.0. The van der Waals surface area contributed by atoms with Crippen molar-refractivity contribution in [3.05, 3.63) is 133 Å². The molecule has 1 N–H and O–H groups in total. The minimum Gasteiger partial charge on any atom is -0.346 e. The second-order valence-corrected chi connectivity index (χ2v) is 12.2. The first-order valence-electron chi connectivity index (χ1n) is 13.4. The van der Waals surface area contributed by atoms with Crippen LogP contribution in [0, 0.1) is 11.6 Å². The number of halogens is 4. The minimum atomic E-state index is -1.05. The summed E-state index contributed by atoms with van der Waals surface area (Å²) in [5, 5.41) is 7.44. The van der Waals surface area contributed by atoms with Crippen molar-refractivity contribution in [2.75, 3.05) is 6.54 Å². The van der Waals surface area contributed by atoms with Gasteiger partial charge < -0.3 is 5.32 Å². The summed E-state index contributed by atoms with van der Waals surface area (Å²) in [6, 6.07) is 20.3. The van der Waals surface area contributed by atoms with Crippen LogP contribution >= 0.6 is 34.5 Å². The van der Waals surface area contributed by atoms with Crippen molar-refractivity contribution < 1.29 is 23.2 Å². The lowest BCUT2D eigenvalue weighted by atomic mass is 10.0. The smallest absolute Gasteiger partial charge is 0.261 e. The Hall–Kier alpha value is -4.38. The van der Waals surface area contributed by atoms with E-state index in [-0.39, 0.29) is 34.1 Å². The molecule has 12 heteroatoms. The van der Waals surface area contributed by atoms with Crippen LogP contribution in [-0.2, 0) is 13.0 Å². The summed E-state index contributed by atoms with van der Waals surface area (Å²) >= 11 is 14.0. The maximum atomic E-state index is 14.0. The van der Waals surface area contributed by atoms with Crippen molar-refractivity contribution in [2.24, 2.45) is 0 Å². The van der Waals surface area contributed by atoms with Gasteiger partial charge in [0, 0.05) is 23.9 Å². The molecule has 5 aromatic rings. The summed E-state index contributed by atoms with van der Waals surface area (Å²) in [7, 11) is 0. The molecule has 3 heterocycles. The van der Waals surface area contributed by atoms with Crippen LogP contribution in [-0.4, -0.2) is 45.0 Å². The molecule has 7 nitrogen and oxygen atoms in total. The lowest BCUT2D eigenvalue weighted by molar-refractivity contribution is 0.0629. The Kier molecular flexibility index (Phi) is 8.31. The Labute approximate surface area is 264 Å². The molecule has 1 aliphatic rings. The predicted molar refractivity (Wildman–Crippen MR) is 164 cm³/mol. The summed E-state index contributed by atoms with van der Waals surface area (Å²) in [5.74, 6) is -3.59. The van der Waals surface area contributed by atoms with E-state index in [4.69, 9.17) is 23.2 Å². The van der Waals surface area contributed by atoms with Crippen molar-refractivity contribution in [3.8, 4) is 11.1 Å². The van der Waals surface area contributed by atoms with Crippen LogP contribution in [0.15, 0.2) is 85.1 Å². The fourth-order valence-electron chi connectivity index (χ4n) is 5.09. The molecule has 3 amide bonds. The van der Waals surface area contributed by atoms with E-state index in [2.05, 4.69) is 10.4 Å². The van der Waals surface area contributed by atoms with E-state index >= 15 is 0 Å². The molecule has 1 unspecified atom stereocenters. The van der Waals surface area contributed by atoms with E-state index in [1.807, 2.05) is 30.3 Å². The van der Waals surface area contributed by atoms with Crippen LogP contribution in [0.1, 0.15) is 41.5 Å². The molecule has 44 heavy (non-hydrogen) atoms. The van der Waals surface area contributed by atoms with Crippen molar-refractivity contribution in [2.45, 2.75) is 19.0 Å². The Bertz CT molecular complexity index is 1880. The molecule has 0 bridgehead atoms. The standard InChI is InChI=1S/C32H22Cl2F2N4O3S/c33-28-24(17-39(38-28)15-18-6-2-1-3-7-18)23-14-27(44-29(23)34)30(41)37-20(12-19-10-11-25(35)26(36)13-19)16-40-31(42)21-8-4-5-9-22(21)32(40)43/h1-11,13-14,17,20H,12,15-16H2,(H,37,41). The molecule has 0 radical (unpaired) electrons. The molecule has 0 spiro atoms. The van der Waals surface area contributed by atoms with E-state index in [0.717, 1.165) is 33.9 Å². The van der Waals surface area contributed by atoms with Crippen molar-refractivity contribution in [1.82, 2.24) is 20.0 Å². The second-order valence-electron chi connectivity index (χ2n) is 10.2. The van der Waals surface area contributed by atoms with Crippen LogP contribution in [0.4, 0.5) is 8.78 Å². The predicted octanol–water partition coefficient (Wildman–Crippen LogP) is 6.88. The lowest BCUT2D eigenvalue weighted by Gasteiger charge is -2.24. The van der Waals surface area contributed by atoms with E-state index in [0.29, 0.717) is 27.6 Å². The topological polar surface area (TPSA) is 84.3 Å². The van der Waals surface area contributed by atoms with E-state index in [1.54, 1.807) is 41.2 Å². The molecule has 222 valence electrons. The van der Waals surface area contributed by atoms with Gasteiger partial charge in [-0.1, -0.05) is 71.7 Å². The zero-order valence-electron chi connectivity index (χ0n) is 22.8. The lowest BCUT2D eigenvalue weighted by Crippen LogP contribution is -2.46. The molecule has 6 rings (SSSR count). The van der Waals surface area contributed by atoms with Gasteiger partial charge in [0.2, 0.25) is 0 Å². The number of nitrogens with one attached hydrogen (secondary N) is 1. The summed E-state index contributed by atoms with van der Waals surface area (Å²) in [5.41, 5.74) is 2.98. The number of carbonyl (C=O) groups is 3. The number of amides is 3. The summed E-state index contributed by atoms with van der Waals surface area (Å²) in [4.78, 5) is 40.9. The van der Waals surface area contributed by atoms with Gasteiger partial charge in [0.1, 0.15) is 4.34 Å². The largest absolute Gasteiger partial charge is 0.346 e. The van der Waals surface area contributed by atoms with E-state index in [9.17, 15) is 23.2 Å². The first kappa shape index (κ1) is 29.7. The number of nitrogens with zero attached hydrogens (tertiary/aromatic N) is 3. The molecule has 3 aromatic carbocycles. The number of fused-ring (bicyclic) bond motifs is 1. The zero-order valence-corrected chi connectivity index (χ0v) is 25.1. The van der Waals surface area contributed by atoms with Gasteiger partial charge in [0.15, 0.2) is 16.8 Å². The van der Waals surface area contributed by atoms with Gasteiger partial charge in [-0.3, -0.25) is 24.0 Å². The Balaban J connectivity index is 1.24. The van der Waals surface area contributed by atoms with Gasteiger partial charge in [-0.05, 0) is 47.9 Å². The van der Waals surface area contributed by atoms with Crippen molar-refractivity contribution >= 4 is 52.3 Å². The third-order valence-electron chi connectivity index (χ3n) is 7.19. The quantitative estimate of drug-likeness (QED) is 0.176. The number of benzene rings is 3. The number of thiophene rings is 1. The summed E-state index contributed by atoms with van der Waals surface area (Å²) in [6.07, 6.45) is 1.76. The molecule has 1 atom stereocenters. The average Bonchev–Trinajstić information content (AvgIpc) is 3.65. The van der Waals surface area contributed by atoms with Crippen LogP contribution in [0.25, 0.3) is 11.1 Å². The third-order valence-corrected chi connectivity index (χ3v) is 8.82. The summed E-state index contributed by atoms with van der Waals surface area (Å²) in [6.45, 7) is 0.292. The molecule has 2 aromatic heterocycles. The normalized spacial score (nSPS) is 13.3. The highest BCUT2D eigenvalue weighted by molar-refractivity contribution is 7.18. The highest BCUT2D eigenvalue weighted by Gasteiger charge is 2.37. The number of hydrogen-bond acceptors (Lipinski definition) is 5. The van der Waals surface area contributed by atoms with Crippen molar-refractivity contribution in [1.29, 1.82) is 0 Å². The third kappa shape index (κ3) is 6.01. The Morgan fingerprint density at radius 2 is 1.52 bits per heavy atom. The van der Waals surface area contributed by atoms with Crippen LogP contribution in [0.2, 0.25) is 9.49 Å². The van der Waals surface area contributed by atoms with E-state index in [1.165, 1.54) is 6.07 Å². The first-order chi connectivity index (χ1) is 21.2. The van der Waals surface area contributed by atoms with Crippen molar-refractivity contribution in [3.63, 3.8) is 0 Å². The maximum absolute atomic E-state index is 14.0. The monoisotopic (exact) mass is 650 g/mol. The number of hydrogen-bond donors (Lipinski definition) is 1. The SMILES string of the molecule is O=C(NC(Cc1ccc(F)c(F)c1)CN1C(=O)c2ccccc2C1=O)c1cc(-c2cn(Cc3ccccc3)nc2Cl)c(Cl)s1. The molecule has 0 fully saturated rings. The Morgan fingerprint density at radius 1 is 0.841 bits per heavy atom. The van der Waals surface area contributed by atoms with Gasteiger partial charge in [-0.25, -0.2) is 8.78 Å². The fraction of sp³-hybridized carbons (Fsp3) is 0.125. The molecular weight excluding hydrogens is 629 g/mol. The molecule has 0 saturated carbocycles. The van der Waals surface area contributed by atoms with E-state index < -0.39 is 35.4 Å². The van der Waals surface area contributed by atoms with Gasteiger partial charge in [-0.15, -0.1) is 11.3 Å². The minimum absolute atomic E-state index is 0.0143. The molecular formula is C32H22Cl2F2N4O3S. The van der Waals surface area contributed by atoms with Crippen LogP contribution in [0.5, 0.6) is 0 Å². The highest BCUT2D eigenvalue weighted by atomic mass is 35.5. The van der Waals surface area contributed by atoms with Crippen LogP contribution < -0.4 is 5.32 Å². The van der Waals surface area contributed by atoms with Gasteiger partial charge in [0.25, 0.3) is 17.7 Å². The van der Waals surface area contributed by atoms with Crippen LogP contribution in [0.3, 0.4) is 0 Å². The summed E-state index contributed by atoms with van der Waals surface area (Å²) < 4.78 is 29.6. The fourth-order valence-corrected chi connectivity index (χ4v) is 6.54. The number of carbonyl (C=O) groups excluding carboxylic acids is 3. The number of imide groups is 1. The van der Waals surface area contributed by atoms with Gasteiger partial charge in [0.05, 0.1) is 28.6 Å². The van der Waals surface area contributed by atoms with Gasteiger partial charge >= 0.3 is 0 Å². The average molecular weight is 652 g/mol. The molecule has 0 saturated heterocycles. The molecule has 0 aliphatic carbocycles.